The molecule has 0 spiro atoms. The van der Waals surface area contributed by atoms with Crippen molar-refractivity contribution in [3.05, 3.63) is 30.5 Å². The molecule has 0 radical (unpaired) electrons. The smallest absolute Gasteiger partial charge is 0.316 e. The van der Waals surface area contributed by atoms with Crippen molar-refractivity contribution in [1.82, 2.24) is 25.5 Å². The van der Waals surface area contributed by atoms with E-state index < -0.39 is 15.1 Å². The van der Waals surface area contributed by atoms with Gasteiger partial charge in [0, 0.05) is 18.2 Å². The minimum absolute atomic E-state index is 0.164. The minimum Gasteiger partial charge on any atom is -0.402 e. The van der Waals surface area contributed by atoms with Gasteiger partial charge in [0.2, 0.25) is 0 Å². The molecule has 0 amide bonds. The van der Waals surface area contributed by atoms with Gasteiger partial charge in [0.15, 0.2) is 21.3 Å². The quantitative estimate of drug-likeness (QED) is 0.517. The number of benzene rings is 1. The highest BCUT2D eigenvalue weighted by atomic mass is 32.2. The SMILES string of the molecule is CC(C)S(=O)(=O)c1ccc(-c2cnc(N)c(-c3nnc(NC4CCCNC4)o3)n2)cc1. The molecule has 1 unspecified atom stereocenters. The van der Waals surface area contributed by atoms with E-state index >= 15 is 0 Å². The van der Waals surface area contributed by atoms with Crippen LogP contribution >= 0.6 is 0 Å². The maximum absolute atomic E-state index is 12.3. The van der Waals surface area contributed by atoms with Crippen molar-refractivity contribution in [2.24, 2.45) is 0 Å². The largest absolute Gasteiger partial charge is 0.402 e. The van der Waals surface area contributed by atoms with Crippen molar-refractivity contribution < 1.29 is 12.8 Å². The maximum atomic E-state index is 12.3. The Balaban J connectivity index is 1.58. The molecule has 1 fully saturated rings. The number of sulfone groups is 1. The molecule has 1 atom stereocenters. The van der Waals surface area contributed by atoms with Gasteiger partial charge in [0.1, 0.15) is 0 Å². The number of hydrogen-bond donors (Lipinski definition) is 3. The average molecular weight is 444 g/mol. The second-order valence-corrected chi connectivity index (χ2v) is 10.2. The molecule has 31 heavy (non-hydrogen) atoms. The molecule has 164 valence electrons. The first-order chi connectivity index (χ1) is 14.8. The number of hydrogen-bond acceptors (Lipinski definition) is 10. The van der Waals surface area contributed by atoms with E-state index in [0.29, 0.717) is 17.3 Å². The second-order valence-electron chi connectivity index (χ2n) is 7.71. The van der Waals surface area contributed by atoms with E-state index in [4.69, 9.17) is 10.2 Å². The molecule has 1 aliphatic rings. The van der Waals surface area contributed by atoms with Crippen LogP contribution in [0.15, 0.2) is 39.8 Å². The molecule has 1 aliphatic heterocycles. The van der Waals surface area contributed by atoms with E-state index in [1.807, 2.05) is 0 Å². The van der Waals surface area contributed by atoms with Gasteiger partial charge < -0.3 is 20.8 Å². The monoisotopic (exact) mass is 443 g/mol. The average Bonchev–Trinajstić information content (AvgIpc) is 3.23. The standard InChI is InChI=1S/C20H25N7O3S/c1-12(2)31(28,29)15-7-5-13(6-8-15)16-11-23-18(21)17(25-16)19-26-27-20(30-19)24-14-4-3-9-22-10-14/h5-8,11-12,14,22H,3-4,9-10H2,1-2H3,(H2,21,23)(H,24,27). The molecule has 0 saturated carbocycles. The molecule has 1 saturated heterocycles. The summed E-state index contributed by atoms with van der Waals surface area (Å²) in [6.45, 7) is 5.15. The van der Waals surface area contributed by atoms with Crippen LogP contribution < -0.4 is 16.4 Å². The van der Waals surface area contributed by atoms with Gasteiger partial charge in [-0.3, -0.25) is 0 Å². The summed E-state index contributed by atoms with van der Waals surface area (Å²) < 4.78 is 30.4. The number of nitrogens with one attached hydrogen (secondary N) is 2. The Bertz CT molecular complexity index is 1150. The lowest BCUT2D eigenvalue weighted by Gasteiger charge is -2.22. The molecule has 0 aliphatic carbocycles. The van der Waals surface area contributed by atoms with Gasteiger partial charge in [0.25, 0.3) is 5.89 Å². The van der Waals surface area contributed by atoms with Gasteiger partial charge in [-0.05, 0) is 45.4 Å². The summed E-state index contributed by atoms with van der Waals surface area (Å²) in [4.78, 5) is 8.99. The number of nitrogens with two attached hydrogens (primary N) is 1. The van der Waals surface area contributed by atoms with Crippen LogP contribution in [-0.4, -0.2) is 53.0 Å². The summed E-state index contributed by atoms with van der Waals surface area (Å²) in [6.07, 6.45) is 3.62. The van der Waals surface area contributed by atoms with E-state index in [1.54, 1.807) is 38.1 Å². The fourth-order valence-corrected chi connectivity index (χ4v) is 4.37. The van der Waals surface area contributed by atoms with Crippen LogP contribution in [0.4, 0.5) is 11.8 Å². The zero-order valence-corrected chi connectivity index (χ0v) is 18.2. The molecule has 3 aromatic rings. The third-order valence-electron chi connectivity index (χ3n) is 5.15. The zero-order chi connectivity index (χ0) is 22.0. The summed E-state index contributed by atoms with van der Waals surface area (Å²) >= 11 is 0. The van der Waals surface area contributed by atoms with Crippen molar-refractivity contribution in [3.8, 4) is 22.8 Å². The third kappa shape index (κ3) is 4.52. The Kier molecular flexibility index (Phi) is 5.88. The highest BCUT2D eigenvalue weighted by Crippen LogP contribution is 2.27. The lowest BCUT2D eigenvalue weighted by atomic mass is 10.1. The Morgan fingerprint density at radius 2 is 2.00 bits per heavy atom. The maximum Gasteiger partial charge on any atom is 0.316 e. The van der Waals surface area contributed by atoms with Gasteiger partial charge in [-0.15, -0.1) is 5.10 Å². The molecular formula is C20H25N7O3S. The Labute approximate surface area is 180 Å². The number of anilines is 2. The fraction of sp³-hybridized carbons (Fsp3) is 0.400. The van der Waals surface area contributed by atoms with Crippen molar-refractivity contribution in [2.45, 2.75) is 42.9 Å². The summed E-state index contributed by atoms with van der Waals surface area (Å²) in [5.41, 5.74) is 7.49. The van der Waals surface area contributed by atoms with Gasteiger partial charge in [-0.1, -0.05) is 17.2 Å². The summed E-state index contributed by atoms with van der Waals surface area (Å²) in [6, 6.07) is 7.03. The highest BCUT2D eigenvalue weighted by molar-refractivity contribution is 7.92. The van der Waals surface area contributed by atoms with Crippen LogP contribution in [0.5, 0.6) is 0 Å². The minimum atomic E-state index is -3.34. The van der Waals surface area contributed by atoms with Gasteiger partial charge in [-0.2, -0.15) is 0 Å². The molecule has 4 rings (SSSR count). The van der Waals surface area contributed by atoms with E-state index in [0.717, 1.165) is 25.9 Å². The summed E-state index contributed by atoms with van der Waals surface area (Å²) in [5, 5.41) is 14.1. The molecule has 11 heteroatoms. The molecule has 3 heterocycles. The first kappa shape index (κ1) is 21.2. The van der Waals surface area contributed by atoms with Crippen LogP contribution in [0.1, 0.15) is 26.7 Å². The lowest BCUT2D eigenvalue weighted by molar-refractivity contribution is 0.465. The highest BCUT2D eigenvalue weighted by Gasteiger charge is 2.21. The third-order valence-corrected chi connectivity index (χ3v) is 7.32. The van der Waals surface area contributed by atoms with E-state index in [-0.39, 0.29) is 28.3 Å². The van der Waals surface area contributed by atoms with Crippen molar-refractivity contribution >= 4 is 21.7 Å². The summed E-state index contributed by atoms with van der Waals surface area (Å²) in [5.74, 6) is 0.328. The zero-order valence-electron chi connectivity index (χ0n) is 17.4. The Morgan fingerprint density at radius 3 is 2.68 bits per heavy atom. The van der Waals surface area contributed by atoms with Gasteiger partial charge in [0.05, 0.1) is 22.0 Å². The van der Waals surface area contributed by atoms with Gasteiger partial charge >= 0.3 is 6.01 Å². The fourth-order valence-electron chi connectivity index (χ4n) is 3.31. The number of nitrogen functional groups attached to an aromatic ring is 1. The lowest BCUT2D eigenvalue weighted by Crippen LogP contribution is -2.38. The van der Waals surface area contributed by atoms with Crippen LogP contribution in [0.2, 0.25) is 0 Å². The number of nitrogens with zero attached hydrogens (tertiary/aromatic N) is 4. The van der Waals surface area contributed by atoms with Crippen LogP contribution in [0, 0.1) is 0 Å². The van der Waals surface area contributed by atoms with Crippen LogP contribution in [-0.2, 0) is 9.84 Å². The topological polar surface area (TPSA) is 149 Å². The molecule has 10 nitrogen and oxygen atoms in total. The first-order valence-electron chi connectivity index (χ1n) is 10.1. The molecule has 4 N–H and O–H groups in total. The number of rotatable bonds is 6. The van der Waals surface area contributed by atoms with Crippen LogP contribution in [0.25, 0.3) is 22.8 Å². The van der Waals surface area contributed by atoms with E-state index in [9.17, 15) is 8.42 Å². The first-order valence-corrected chi connectivity index (χ1v) is 11.7. The van der Waals surface area contributed by atoms with Crippen molar-refractivity contribution in [3.63, 3.8) is 0 Å². The molecular weight excluding hydrogens is 418 g/mol. The Hall–Kier alpha value is -3.05. The molecule has 2 aromatic heterocycles. The predicted octanol–water partition coefficient (Wildman–Crippen LogP) is 2.12. The molecule has 0 bridgehead atoms. The Morgan fingerprint density at radius 1 is 1.23 bits per heavy atom. The van der Waals surface area contributed by atoms with Gasteiger partial charge in [-0.25, -0.2) is 18.4 Å². The number of piperidine rings is 1. The second kappa shape index (κ2) is 8.60. The van der Waals surface area contributed by atoms with E-state index in [1.165, 1.54) is 6.20 Å². The van der Waals surface area contributed by atoms with Crippen molar-refractivity contribution in [2.75, 3.05) is 24.1 Å². The normalized spacial score (nSPS) is 17.1. The number of aromatic nitrogens is 4. The van der Waals surface area contributed by atoms with Crippen molar-refractivity contribution in [1.29, 1.82) is 0 Å². The predicted molar refractivity (Wildman–Crippen MR) is 117 cm³/mol. The molecule has 1 aromatic carbocycles. The van der Waals surface area contributed by atoms with E-state index in [2.05, 4.69) is 30.8 Å². The summed E-state index contributed by atoms with van der Waals surface area (Å²) in [7, 11) is -3.34. The van der Waals surface area contributed by atoms with Crippen LogP contribution in [0.3, 0.4) is 0 Å².